The number of fused-ring (bicyclic) bond motifs is 5. The van der Waals surface area contributed by atoms with Gasteiger partial charge in [0.05, 0.1) is 0 Å². The summed E-state index contributed by atoms with van der Waals surface area (Å²) < 4.78 is 2.64. The van der Waals surface area contributed by atoms with Crippen molar-refractivity contribution < 1.29 is 0 Å². The van der Waals surface area contributed by atoms with Crippen molar-refractivity contribution in [3.05, 3.63) is 224 Å². The fourth-order valence-corrected chi connectivity index (χ4v) is 9.66. The van der Waals surface area contributed by atoms with E-state index in [2.05, 4.69) is 229 Å². The summed E-state index contributed by atoms with van der Waals surface area (Å²) in [6.45, 7) is 0. The van der Waals surface area contributed by atoms with Crippen LogP contribution in [0.1, 0.15) is 0 Å². The Morgan fingerprint density at radius 3 is 1.52 bits per heavy atom. The smallest absolute Gasteiger partial charge is 0.0467 e. The molecule has 0 saturated heterocycles. The molecule has 0 aliphatic heterocycles. The highest BCUT2D eigenvalue weighted by atomic mass is 32.1. The number of thiophene rings is 1. The molecule has 0 unspecified atom stereocenters. The molecule has 2 heteroatoms. The predicted octanol–water partition coefficient (Wildman–Crippen LogP) is 16.5. The average molecular weight is 756 g/mol. The van der Waals surface area contributed by atoms with Crippen molar-refractivity contribution in [3.63, 3.8) is 0 Å². The average Bonchev–Trinajstić information content (AvgIpc) is 3.65. The molecule has 0 saturated carbocycles. The lowest BCUT2D eigenvalue weighted by Gasteiger charge is -2.26. The van der Waals surface area contributed by atoms with Crippen molar-refractivity contribution in [2.75, 3.05) is 4.90 Å². The number of rotatable bonds is 7. The maximum absolute atomic E-state index is 2.37. The summed E-state index contributed by atoms with van der Waals surface area (Å²) in [5.74, 6) is 0. The first kappa shape index (κ1) is 34.0. The van der Waals surface area contributed by atoms with Crippen molar-refractivity contribution >= 4 is 70.1 Å². The van der Waals surface area contributed by atoms with E-state index < -0.39 is 0 Å². The second-order valence-electron chi connectivity index (χ2n) is 15.0. The Morgan fingerprint density at radius 1 is 0.259 bits per heavy atom. The van der Waals surface area contributed by atoms with Crippen LogP contribution in [0.3, 0.4) is 0 Å². The number of anilines is 3. The summed E-state index contributed by atoms with van der Waals surface area (Å²) in [4.78, 5) is 2.37. The van der Waals surface area contributed by atoms with E-state index >= 15 is 0 Å². The van der Waals surface area contributed by atoms with E-state index in [-0.39, 0.29) is 0 Å². The van der Waals surface area contributed by atoms with Crippen molar-refractivity contribution in [1.82, 2.24) is 0 Å². The minimum atomic E-state index is 1.10. The van der Waals surface area contributed by atoms with Crippen molar-refractivity contribution in [2.24, 2.45) is 0 Å². The Hall–Kier alpha value is -7.26. The fraction of sp³-hybridized carbons (Fsp3) is 0. The molecule has 0 amide bonds. The molecule has 11 aromatic rings. The molecule has 0 spiro atoms. The van der Waals surface area contributed by atoms with Gasteiger partial charge in [-0.25, -0.2) is 0 Å². The zero-order valence-corrected chi connectivity index (χ0v) is 32.5. The molecule has 1 nitrogen and oxygen atoms in total. The molecule has 0 radical (unpaired) electrons. The van der Waals surface area contributed by atoms with Gasteiger partial charge in [0.2, 0.25) is 0 Å². The molecule has 0 atom stereocenters. The molecule has 0 aliphatic rings. The second-order valence-corrected chi connectivity index (χ2v) is 16.0. The highest BCUT2D eigenvalue weighted by Gasteiger charge is 2.16. The lowest BCUT2D eigenvalue weighted by molar-refractivity contribution is 1.28. The molecule has 0 aliphatic carbocycles. The molecule has 58 heavy (non-hydrogen) atoms. The first-order valence-electron chi connectivity index (χ1n) is 19.8. The highest BCUT2D eigenvalue weighted by molar-refractivity contribution is 7.25. The summed E-state index contributed by atoms with van der Waals surface area (Å²) in [6, 6.07) is 81.9. The van der Waals surface area contributed by atoms with Crippen LogP contribution in [0.2, 0.25) is 0 Å². The standard InChI is InChI=1S/C56H37NS/c1-3-12-38(13-4-1)42-19-11-20-50(33-42)57(49-29-24-40(25-30-49)47-32-46-18-9-10-21-51(46)53(35-47)41-14-5-2-6-15-41)48-27-22-39(23-28-48)45-26-31-52-54-34-43-16-7-8-17-44(43)36-56(54)58-55(52)37-45/h1-37H. The first-order valence-corrected chi connectivity index (χ1v) is 20.6. The number of hydrogen-bond donors (Lipinski definition) is 0. The lowest BCUT2D eigenvalue weighted by Crippen LogP contribution is -2.10. The molecule has 0 bridgehead atoms. The van der Waals surface area contributed by atoms with Gasteiger partial charge < -0.3 is 4.90 Å². The van der Waals surface area contributed by atoms with Crippen LogP contribution >= 0.6 is 11.3 Å². The molecule has 0 fully saturated rings. The van der Waals surface area contributed by atoms with Crippen LogP contribution < -0.4 is 4.90 Å². The third-order valence-corrected chi connectivity index (χ3v) is 12.5. The largest absolute Gasteiger partial charge is 0.310 e. The summed E-state index contributed by atoms with van der Waals surface area (Å²) in [6.07, 6.45) is 0. The van der Waals surface area contributed by atoms with Gasteiger partial charge in [-0.2, -0.15) is 0 Å². The van der Waals surface area contributed by atoms with Gasteiger partial charge in [0.1, 0.15) is 0 Å². The molecule has 272 valence electrons. The minimum Gasteiger partial charge on any atom is -0.310 e. The topological polar surface area (TPSA) is 3.24 Å². The predicted molar refractivity (Wildman–Crippen MR) is 251 cm³/mol. The first-order chi connectivity index (χ1) is 28.7. The molecule has 10 aromatic carbocycles. The van der Waals surface area contributed by atoms with Crippen molar-refractivity contribution in [1.29, 1.82) is 0 Å². The van der Waals surface area contributed by atoms with E-state index in [9.17, 15) is 0 Å². The molecule has 11 rings (SSSR count). The molecular weight excluding hydrogens is 719 g/mol. The Labute approximate surface area is 342 Å². The van der Waals surface area contributed by atoms with Crippen molar-refractivity contribution in [3.8, 4) is 44.5 Å². The van der Waals surface area contributed by atoms with E-state index in [4.69, 9.17) is 0 Å². The maximum atomic E-state index is 2.37. The number of hydrogen-bond acceptors (Lipinski definition) is 2. The zero-order valence-electron chi connectivity index (χ0n) is 31.7. The van der Waals surface area contributed by atoms with E-state index in [1.54, 1.807) is 0 Å². The van der Waals surface area contributed by atoms with Crippen LogP contribution in [0.5, 0.6) is 0 Å². The lowest BCUT2D eigenvalue weighted by atomic mass is 9.93. The molecule has 1 aromatic heterocycles. The van der Waals surface area contributed by atoms with Crippen LogP contribution in [0, 0.1) is 0 Å². The summed E-state index contributed by atoms with van der Waals surface area (Å²) >= 11 is 1.88. The molecule has 1 heterocycles. The Morgan fingerprint density at radius 2 is 0.793 bits per heavy atom. The van der Waals surface area contributed by atoms with Crippen molar-refractivity contribution in [2.45, 2.75) is 0 Å². The summed E-state index contributed by atoms with van der Waals surface area (Å²) in [7, 11) is 0. The van der Waals surface area contributed by atoms with Gasteiger partial charge in [0, 0.05) is 37.2 Å². The highest BCUT2D eigenvalue weighted by Crippen LogP contribution is 2.42. The van der Waals surface area contributed by atoms with Crippen LogP contribution in [-0.4, -0.2) is 0 Å². The molecule has 0 N–H and O–H groups in total. The van der Waals surface area contributed by atoms with E-state index in [0.717, 1.165) is 17.1 Å². The Kier molecular flexibility index (Phi) is 8.42. The Bertz CT molecular complexity index is 3250. The summed E-state index contributed by atoms with van der Waals surface area (Å²) in [5, 5.41) is 7.73. The normalized spacial score (nSPS) is 11.4. The summed E-state index contributed by atoms with van der Waals surface area (Å²) in [5.41, 5.74) is 13.0. The van der Waals surface area contributed by atoms with Gasteiger partial charge in [-0.05, 0) is 133 Å². The zero-order chi connectivity index (χ0) is 38.4. The SMILES string of the molecule is c1ccc(-c2cccc(N(c3ccc(-c4cc(-c5ccccc5)c5ccccc5c4)cc3)c3ccc(-c4ccc5c(c4)sc4cc6ccccc6cc45)cc3)c2)cc1. The number of benzene rings is 10. The van der Waals surface area contributed by atoms with Gasteiger partial charge in [0.15, 0.2) is 0 Å². The monoisotopic (exact) mass is 755 g/mol. The van der Waals surface area contributed by atoms with Gasteiger partial charge in [-0.3, -0.25) is 0 Å². The quantitative estimate of drug-likeness (QED) is 0.157. The third-order valence-electron chi connectivity index (χ3n) is 11.4. The molecular formula is C56H37NS. The van der Waals surface area contributed by atoms with Gasteiger partial charge in [0.25, 0.3) is 0 Å². The van der Waals surface area contributed by atoms with Crippen LogP contribution in [0.4, 0.5) is 17.1 Å². The minimum absolute atomic E-state index is 1.10. The van der Waals surface area contributed by atoms with Gasteiger partial charge in [-0.1, -0.05) is 158 Å². The van der Waals surface area contributed by atoms with Crippen LogP contribution in [0.25, 0.3) is 86.2 Å². The Balaban J connectivity index is 0.979. The van der Waals surface area contributed by atoms with E-state index in [1.165, 1.54) is 86.2 Å². The maximum Gasteiger partial charge on any atom is 0.0467 e. The van der Waals surface area contributed by atoms with E-state index in [1.807, 2.05) is 11.3 Å². The fourth-order valence-electron chi connectivity index (χ4n) is 8.48. The van der Waals surface area contributed by atoms with Gasteiger partial charge in [-0.15, -0.1) is 11.3 Å². The number of nitrogens with zero attached hydrogens (tertiary/aromatic N) is 1. The van der Waals surface area contributed by atoms with Crippen LogP contribution in [-0.2, 0) is 0 Å². The second kappa shape index (κ2) is 14.4. The third kappa shape index (κ3) is 6.21. The van der Waals surface area contributed by atoms with E-state index in [0.29, 0.717) is 0 Å². The van der Waals surface area contributed by atoms with Gasteiger partial charge >= 0.3 is 0 Å². The van der Waals surface area contributed by atoms with Crippen LogP contribution in [0.15, 0.2) is 224 Å².